The normalized spacial score (nSPS) is 15.2. The van der Waals surface area contributed by atoms with Crippen molar-refractivity contribution in [3.05, 3.63) is 75.3 Å². The fourth-order valence-electron chi connectivity index (χ4n) is 3.69. The number of aromatic nitrogens is 2. The van der Waals surface area contributed by atoms with Gasteiger partial charge in [0.15, 0.2) is 16.7 Å². The Kier molecular flexibility index (Phi) is 6.69. The maximum atomic E-state index is 13.1. The number of rotatable bonds is 7. The average molecular weight is 470 g/mol. The van der Waals surface area contributed by atoms with Crippen LogP contribution in [0.4, 0.5) is 10.2 Å². The van der Waals surface area contributed by atoms with Gasteiger partial charge in [-0.25, -0.2) is 9.37 Å². The second kappa shape index (κ2) is 9.66. The second-order valence-corrected chi connectivity index (χ2v) is 8.89. The Bertz CT molecular complexity index is 1230. The van der Waals surface area contributed by atoms with Gasteiger partial charge in [-0.3, -0.25) is 9.59 Å². The van der Waals surface area contributed by atoms with Crippen molar-refractivity contribution in [1.82, 2.24) is 9.97 Å². The number of H-pyrrole nitrogens is 1. The number of aromatic amines is 1. The molecule has 2 heterocycles. The Balaban J connectivity index is 1.64. The van der Waals surface area contributed by atoms with Crippen molar-refractivity contribution >= 4 is 23.5 Å². The molecule has 1 aliphatic heterocycles. The number of ether oxygens (including phenoxy) is 2. The predicted octanol–water partition coefficient (Wildman–Crippen LogP) is 4.47. The van der Waals surface area contributed by atoms with Crippen molar-refractivity contribution in [2.75, 3.05) is 12.4 Å². The number of thioether (sulfide) groups is 1. The Morgan fingerprint density at radius 3 is 2.61 bits per heavy atom. The first-order valence-corrected chi connectivity index (χ1v) is 11.5. The van der Waals surface area contributed by atoms with Crippen LogP contribution >= 0.6 is 11.8 Å². The maximum absolute atomic E-state index is 13.1. The van der Waals surface area contributed by atoms with Gasteiger partial charge in [0.05, 0.1) is 18.8 Å². The molecule has 4 rings (SSSR count). The first kappa shape index (κ1) is 22.8. The van der Waals surface area contributed by atoms with Crippen LogP contribution in [-0.2, 0) is 10.5 Å². The largest absolute Gasteiger partial charge is 0.493 e. The monoisotopic (exact) mass is 469 g/mol. The van der Waals surface area contributed by atoms with Crippen molar-refractivity contribution in [2.24, 2.45) is 0 Å². The van der Waals surface area contributed by atoms with E-state index in [0.29, 0.717) is 28.0 Å². The number of halogens is 1. The van der Waals surface area contributed by atoms with E-state index in [2.05, 4.69) is 15.3 Å². The fraction of sp³-hybridized carbons (Fsp3) is 0.292. The summed E-state index contributed by atoms with van der Waals surface area (Å²) in [6.45, 7) is 3.85. The minimum absolute atomic E-state index is 0.0243. The van der Waals surface area contributed by atoms with Crippen LogP contribution in [-0.4, -0.2) is 29.1 Å². The number of nitrogens with zero attached hydrogens (tertiary/aromatic N) is 1. The van der Waals surface area contributed by atoms with Gasteiger partial charge in [-0.2, -0.15) is 0 Å². The van der Waals surface area contributed by atoms with Gasteiger partial charge in [0.2, 0.25) is 5.91 Å². The Labute approximate surface area is 194 Å². The lowest BCUT2D eigenvalue weighted by molar-refractivity contribution is -0.116. The first-order chi connectivity index (χ1) is 15.8. The Morgan fingerprint density at radius 1 is 1.15 bits per heavy atom. The summed E-state index contributed by atoms with van der Waals surface area (Å²) in [6, 6.07) is 11.5. The summed E-state index contributed by atoms with van der Waals surface area (Å²) in [5.41, 5.74) is 1.74. The smallest absolute Gasteiger partial charge is 0.257 e. The minimum atomic E-state index is -0.469. The number of anilines is 1. The van der Waals surface area contributed by atoms with E-state index in [4.69, 9.17) is 9.47 Å². The highest BCUT2D eigenvalue weighted by Gasteiger charge is 2.31. The summed E-state index contributed by atoms with van der Waals surface area (Å²) in [7, 11) is 1.55. The number of carbonyl (C=O) groups is 1. The second-order valence-electron chi connectivity index (χ2n) is 7.93. The van der Waals surface area contributed by atoms with Gasteiger partial charge in [-0.15, -0.1) is 0 Å². The molecule has 1 amide bonds. The van der Waals surface area contributed by atoms with E-state index in [-0.39, 0.29) is 35.6 Å². The van der Waals surface area contributed by atoms with E-state index in [1.807, 2.05) is 19.9 Å². The number of methoxy groups -OCH3 is 1. The number of hydrogen-bond donors (Lipinski definition) is 2. The van der Waals surface area contributed by atoms with Crippen LogP contribution in [0.5, 0.6) is 11.5 Å². The Hall–Kier alpha value is -3.33. The molecule has 1 unspecified atom stereocenters. The molecule has 1 aliphatic rings. The quantitative estimate of drug-likeness (QED) is 0.392. The fourth-order valence-corrected chi connectivity index (χ4v) is 4.50. The third-order valence-electron chi connectivity index (χ3n) is 5.17. The molecule has 9 heteroatoms. The maximum Gasteiger partial charge on any atom is 0.257 e. The molecule has 3 aromatic rings. The Morgan fingerprint density at radius 2 is 1.91 bits per heavy atom. The molecule has 0 spiro atoms. The first-order valence-electron chi connectivity index (χ1n) is 10.5. The van der Waals surface area contributed by atoms with E-state index in [0.717, 1.165) is 11.1 Å². The molecule has 2 N–H and O–H groups in total. The molecule has 1 atom stereocenters. The summed E-state index contributed by atoms with van der Waals surface area (Å²) in [5, 5.41) is 3.10. The molecule has 0 aliphatic carbocycles. The third-order valence-corrected chi connectivity index (χ3v) is 6.12. The lowest BCUT2D eigenvalue weighted by atomic mass is 9.86. The molecule has 0 fully saturated rings. The summed E-state index contributed by atoms with van der Waals surface area (Å²) in [5.74, 6) is 0.875. The zero-order chi connectivity index (χ0) is 23.5. The van der Waals surface area contributed by atoms with Gasteiger partial charge >= 0.3 is 0 Å². The standard InChI is InChI=1S/C24H24FN3O4S/c1-13(2)32-18-9-6-15(10-19(18)31-3)17-11-20(29)26-22-21(17)23(30)28-24(27-22)33-12-14-4-7-16(25)8-5-14/h4-10,13,17H,11-12H2,1-3H3,(H2,26,27,28,29,30). The third kappa shape index (κ3) is 5.19. The molecule has 0 saturated heterocycles. The molecule has 172 valence electrons. The zero-order valence-corrected chi connectivity index (χ0v) is 19.3. The van der Waals surface area contributed by atoms with Crippen LogP contribution in [0.15, 0.2) is 52.4 Å². The van der Waals surface area contributed by atoms with Gasteiger partial charge in [-0.05, 0) is 49.2 Å². The molecule has 0 radical (unpaired) electrons. The molecule has 0 saturated carbocycles. The predicted molar refractivity (Wildman–Crippen MR) is 125 cm³/mol. The topological polar surface area (TPSA) is 93.3 Å². The SMILES string of the molecule is COc1cc(C2CC(=O)Nc3nc(SCc4ccc(F)cc4)[nH]c(=O)c32)ccc1OC(C)C. The van der Waals surface area contributed by atoms with E-state index < -0.39 is 5.92 Å². The summed E-state index contributed by atoms with van der Waals surface area (Å²) in [6.07, 6.45) is 0.0942. The van der Waals surface area contributed by atoms with Gasteiger partial charge < -0.3 is 19.8 Å². The van der Waals surface area contributed by atoms with E-state index >= 15 is 0 Å². The number of benzene rings is 2. The molecular weight excluding hydrogens is 445 g/mol. The zero-order valence-electron chi connectivity index (χ0n) is 18.5. The number of carbonyl (C=O) groups excluding carboxylic acids is 1. The summed E-state index contributed by atoms with van der Waals surface area (Å²) >= 11 is 1.30. The van der Waals surface area contributed by atoms with Crippen molar-refractivity contribution < 1.29 is 18.7 Å². The molecule has 33 heavy (non-hydrogen) atoms. The number of nitrogens with one attached hydrogen (secondary N) is 2. The summed E-state index contributed by atoms with van der Waals surface area (Å²) < 4.78 is 24.3. The van der Waals surface area contributed by atoms with Gasteiger partial charge in [0.1, 0.15) is 11.6 Å². The number of fused-ring (bicyclic) bond motifs is 1. The summed E-state index contributed by atoms with van der Waals surface area (Å²) in [4.78, 5) is 32.8. The van der Waals surface area contributed by atoms with Crippen molar-refractivity contribution in [3.8, 4) is 11.5 Å². The lowest BCUT2D eigenvalue weighted by Gasteiger charge is -2.25. The van der Waals surface area contributed by atoms with E-state index in [1.54, 1.807) is 31.4 Å². The highest BCUT2D eigenvalue weighted by molar-refractivity contribution is 7.98. The average Bonchev–Trinajstić information content (AvgIpc) is 2.77. The van der Waals surface area contributed by atoms with Crippen LogP contribution < -0.4 is 20.3 Å². The van der Waals surface area contributed by atoms with Crippen LogP contribution in [0.25, 0.3) is 0 Å². The van der Waals surface area contributed by atoms with Crippen LogP contribution in [0.2, 0.25) is 0 Å². The molecule has 2 aromatic carbocycles. The highest BCUT2D eigenvalue weighted by Crippen LogP contribution is 2.38. The highest BCUT2D eigenvalue weighted by atomic mass is 32.2. The number of hydrogen-bond acceptors (Lipinski definition) is 6. The number of amides is 1. The van der Waals surface area contributed by atoms with Crippen LogP contribution in [0, 0.1) is 5.82 Å². The van der Waals surface area contributed by atoms with Crippen molar-refractivity contribution in [3.63, 3.8) is 0 Å². The lowest BCUT2D eigenvalue weighted by Crippen LogP contribution is -2.31. The minimum Gasteiger partial charge on any atom is -0.493 e. The van der Waals surface area contributed by atoms with Crippen molar-refractivity contribution in [2.45, 2.75) is 43.2 Å². The molecule has 7 nitrogen and oxygen atoms in total. The van der Waals surface area contributed by atoms with Crippen LogP contribution in [0.3, 0.4) is 0 Å². The van der Waals surface area contributed by atoms with Crippen LogP contribution in [0.1, 0.15) is 42.9 Å². The van der Waals surface area contributed by atoms with E-state index in [1.165, 1.54) is 23.9 Å². The molecular formula is C24H24FN3O4S. The van der Waals surface area contributed by atoms with Gasteiger partial charge in [0, 0.05) is 18.1 Å². The molecule has 0 bridgehead atoms. The van der Waals surface area contributed by atoms with Gasteiger partial charge in [0.25, 0.3) is 5.56 Å². The van der Waals surface area contributed by atoms with Crippen molar-refractivity contribution in [1.29, 1.82) is 0 Å². The molecule has 1 aromatic heterocycles. The van der Waals surface area contributed by atoms with Gasteiger partial charge in [-0.1, -0.05) is 30.0 Å². The van der Waals surface area contributed by atoms with E-state index in [9.17, 15) is 14.0 Å².